The first-order chi connectivity index (χ1) is 8.47. The zero-order valence-electron chi connectivity index (χ0n) is 11.4. The predicted octanol–water partition coefficient (Wildman–Crippen LogP) is 3.17. The number of amides is 1. The van der Waals surface area contributed by atoms with Gasteiger partial charge in [0.25, 0.3) is 5.91 Å². The molecule has 0 bridgehead atoms. The van der Waals surface area contributed by atoms with Gasteiger partial charge in [-0.25, -0.2) is 0 Å². The molecule has 3 heteroatoms. The van der Waals surface area contributed by atoms with Gasteiger partial charge in [-0.2, -0.15) is 0 Å². The molecule has 0 spiro atoms. The maximum absolute atomic E-state index is 12.0. The largest absolute Gasteiger partial charge is 0.351 e. The number of carbonyl (C=O) groups is 1. The molecule has 0 saturated heterocycles. The van der Waals surface area contributed by atoms with Crippen LogP contribution in [-0.2, 0) is 0 Å². The number of fused-ring (bicyclic) bond motifs is 1. The molecule has 0 saturated carbocycles. The van der Waals surface area contributed by atoms with Crippen LogP contribution in [-0.4, -0.2) is 17.4 Å². The lowest BCUT2D eigenvalue weighted by atomic mass is 10.1. The molecule has 0 atom stereocenters. The Morgan fingerprint density at radius 3 is 2.67 bits per heavy atom. The van der Waals surface area contributed by atoms with E-state index in [0.29, 0.717) is 18.2 Å². The van der Waals surface area contributed by atoms with Gasteiger partial charge in [0.2, 0.25) is 0 Å². The van der Waals surface area contributed by atoms with E-state index in [1.807, 2.05) is 6.07 Å². The van der Waals surface area contributed by atoms with Crippen molar-refractivity contribution in [2.75, 3.05) is 6.54 Å². The van der Waals surface area contributed by atoms with Crippen LogP contribution >= 0.6 is 0 Å². The van der Waals surface area contributed by atoms with Crippen molar-refractivity contribution in [1.29, 1.82) is 0 Å². The topological polar surface area (TPSA) is 44.9 Å². The first kappa shape index (κ1) is 12.7. The van der Waals surface area contributed by atoms with Crippen LogP contribution in [0.25, 0.3) is 10.9 Å². The van der Waals surface area contributed by atoms with Crippen molar-refractivity contribution in [2.24, 2.45) is 5.92 Å². The molecule has 18 heavy (non-hydrogen) atoms. The van der Waals surface area contributed by atoms with Crippen LogP contribution in [0.3, 0.4) is 0 Å². The molecule has 1 heterocycles. The van der Waals surface area contributed by atoms with Gasteiger partial charge in [0.15, 0.2) is 0 Å². The lowest BCUT2D eigenvalue weighted by molar-refractivity contribution is 0.0945. The number of aromatic nitrogens is 1. The molecule has 2 aromatic rings. The van der Waals surface area contributed by atoms with E-state index in [4.69, 9.17) is 0 Å². The number of hydrogen-bond acceptors (Lipinski definition) is 1. The Hall–Kier alpha value is -1.77. The highest BCUT2D eigenvalue weighted by Gasteiger charge is 2.11. The summed E-state index contributed by atoms with van der Waals surface area (Å²) < 4.78 is 0. The maximum atomic E-state index is 12.0. The van der Waals surface area contributed by atoms with Crippen molar-refractivity contribution >= 4 is 16.8 Å². The van der Waals surface area contributed by atoms with E-state index in [0.717, 1.165) is 10.9 Å². The summed E-state index contributed by atoms with van der Waals surface area (Å²) >= 11 is 0. The van der Waals surface area contributed by atoms with E-state index >= 15 is 0 Å². The summed E-state index contributed by atoms with van der Waals surface area (Å²) in [6, 6.07) is 6.13. The molecule has 1 aromatic heterocycles. The summed E-state index contributed by atoms with van der Waals surface area (Å²) in [5.41, 5.74) is 4.07. The average Bonchev–Trinajstić information content (AvgIpc) is 2.69. The van der Waals surface area contributed by atoms with Gasteiger partial charge in [0.05, 0.1) is 0 Å². The van der Waals surface area contributed by atoms with Gasteiger partial charge in [-0.15, -0.1) is 0 Å². The summed E-state index contributed by atoms with van der Waals surface area (Å²) in [6.07, 6.45) is 0. The number of rotatable bonds is 3. The van der Waals surface area contributed by atoms with Crippen LogP contribution in [0.5, 0.6) is 0 Å². The first-order valence-electron chi connectivity index (χ1n) is 6.35. The molecule has 0 aliphatic heterocycles. The molecule has 0 aliphatic carbocycles. The lowest BCUT2D eigenvalue weighted by Crippen LogP contribution is -2.27. The second kappa shape index (κ2) is 4.84. The van der Waals surface area contributed by atoms with Crippen molar-refractivity contribution in [3.8, 4) is 0 Å². The molecule has 0 unspecified atom stereocenters. The average molecular weight is 244 g/mol. The van der Waals surface area contributed by atoms with Crippen LogP contribution in [0.4, 0.5) is 0 Å². The fraction of sp³-hybridized carbons (Fsp3) is 0.400. The molecule has 0 fully saturated rings. The van der Waals surface area contributed by atoms with Gasteiger partial charge in [-0.05, 0) is 43.0 Å². The summed E-state index contributed by atoms with van der Waals surface area (Å²) in [5, 5.41) is 4.04. The molecule has 2 rings (SSSR count). The van der Waals surface area contributed by atoms with Crippen LogP contribution in [0.2, 0.25) is 0 Å². The van der Waals surface area contributed by atoms with E-state index in [-0.39, 0.29) is 5.91 Å². The number of aromatic amines is 1. The molecule has 1 aromatic carbocycles. The molecule has 0 aliphatic rings. The van der Waals surface area contributed by atoms with Gasteiger partial charge in [-0.1, -0.05) is 19.9 Å². The van der Waals surface area contributed by atoms with Gasteiger partial charge < -0.3 is 10.3 Å². The molecular weight excluding hydrogens is 224 g/mol. The minimum atomic E-state index is -0.0306. The van der Waals surface area contributed by atoms with E-state index < -0.39 is 0 Å². The van der Waals surface area contributed by atoms with Gasteiger partial charge in [-0.3, -0.25) is 4.79 Å². The number of aryl methyl sites for hydroxylation is 2. The second-order valence-corrected chi connectivity index (χ2v) is 5.33. The summed E-state index contributed by atoms with van der Waals surface area (Å²) in [5.74, 6) is 0.430. The van der Waals surface area contributed by atoms with Crippen LogP contribution in [0.15, 0.2) is 18.2 Å². The number of H-pyrrole nitrogens is 1. The minimum absolute atomic E-state index is 0.0306. The molecule has 1 amide bonds. The standard InChI is InChI=1S/C15H20N2O/c1-9(2)8-16-15(18)14-7-12-11(4)5-10(3)6-13(12)17-14/h5-7,9,17H,8H2,1-4H3,(H,16,18). The fourth-order valence-electron chi connectivity index (χ4n) is 2.11. The predicted molar refractivity (Wildman–Crippen MR) is 74.9 cm³/mol. The number of hydrogen-bond donors (Lipinski definition) is 2. The Balaban J connectivity index is 2.30. The highest BCUT2D eigenvalue weighted by molar-refractivity contribution is 5.98. The quantitative estimate of drug-likeness (QED) is 0.855. The first-order valence-corrected chi connectivity index (χ1v) is 6.35. The zero-order chi connectivity index (χ0) is 13.3. The van der Waals surface area contributed by atoms with Crippen LogP contribution in [0.1, 0.15) is 35.5 Å². The Morgan fingerprint density at radius 1 is 1.28 bits per heavy atom. The summed E-state index contributed by atoms with van der Waals surface area (Å²) in [4.78, 5) is 15.2. The van der Waals surface area contributed by atoms with Crippen molar-refractivity contribution in [2.45, 2.75) is 27.7 Å². The fourth-order valence-corrected chi connectivity index (χ4v) is 2.11. The third-order valence-electron chi connectivity index (χ3n) is 3.00. The van der Waals surface area contributed by atoms with E-state index in [1.54, 1.807) is 0 Å². The molecule has 0 radical (unpaired) electrons. The van der Waals surface area contributed by atoms with Crippen molar-refractivity contribution < 1.29 is 4.79 Å². The van der Waals surface area contributed by atoms with E-state index in [1.165, 1.54) is 11.1 Å². The smallest absolute Gasteiger partial charge is 0.267 e. The van der Waals surface area contributed by atoms with E-state index in [9.17, 15) is 4.79 Å². The van der Waals surface area contributed by atoms with Crippen molar-refractivity contribution in [1.82, 2.24) is 10.3 Å². The zero-order valence-corrected chi connectivity index (χ0v) is 11.4. The molecule has 2 N–H and O–H groups in total. The van der Waals surface area contributed by atoms with Gasteiger partial charge in [0.1, 0.15) is 5.69 Å². The Morgan fingerprint density at radius 2 is 2.00 bits per heavy atom. The maximum Gasteiger partial charge on any atom is 0.267 e. The van der Waals surface area contributed by atoms with E-state index in [2.05, 4.69) is 50.1 Å². The van der Waals surface area contributed by atoms with Crippen LogP contribution in [0, 0.1) is 19.8 Å². The van der Waals surface area contributed by atoms with Gasteiger partial charge >= 0.3 is 0 Å². The third kappa shape index (κ3) is 2.55. The Labute approximate surface area is 108 Å². The Kier molecular flexibility index (Phi) is 3.41. The number of benzene rings is 1. The minimum Gasteiger partial charge on any atom is -0.351 e. The lowest BCUT2D eigenvalue weighted by Gasteiger charge is -2.05. The summed E-state index contributed by atoms with van der Waals surface area (Å²) in [6.45, 7) is 9.00. The Bertz CT molecular complexity index is 581. The normalized spacial score (nSPS) is 11.2. The summed E-state index contributed by atoms with van der Waals surface area (Å²) in [7, 11) is 0. The number of nitrogens with one attached hydrogen (secondary N) is 2. The highest BCUT2D eigenvalue weighted by atomic mass is 16.1. The van der Waals surface area contributed by atoms with Gasteiger partial charge in [0, 0.05) is 17.4 Å². The second-order valence-electron chi connectivity index (χ2n) is 5.33. The monoisotopic (exact) mass is 244 g/mol. The molecule has 96 valence electrons. The highest BCUT2D eigenvalue weighted by Crippen LogP contribution is 2.21. The van der Waals surface area contributed by atoms with Crippen molar-refractivity contribution in [3.63, 3.8) is 0 Å². The van der Waals surface area contributed by atoms with Crippen LogP contribution < -0.4 is 5.32 Å². The molecule has 3 nitrogen and oxygen atoms in total. The third-order valence-corrected chi connectivity index (χ3v) is 3.00. The number of carbonyl (C=O) groups excluding carboxylic acids is 1. The SMILES string of the molecule is Cc1cc(C)c2cc(C(=O)NCC(C)C)[nH]c2c1. The molecular formula is C15H20N2O. The van der Waals surface area contributed by atoms with Crippen molar-refractivity contribution in [3.05, 3.63) is 35.0 Å².